The number of piperidine rings is 1. The molecule has 1 fully saturated rings. The maximum absolute atomic E-state index is 13.0. The van der Waals surface area contributed by atoms with Gasteiger partial charge in [-0.3, -0.25) is 9.69 Å². The summed E-state index contributed by atoms with van der Waals surface area (Å²) in [5.74, 6) is 1.35. The van der Waals surface area contributed by atoms with Crippen LogP contribution in [0.1, 0.15) is 28.8 Å². The number of carbonyl (C=O) groups excluding carboxylic acids is 1. The summed E-state index contributed by atoms with van der Waals surface area (Å²) in [5.41, 5.74) is 1.30. The fourth-order valence-corrected chi connectivity index (χ4v) is 3.78. The van der Waals surface area contributed by atoms with Crippen molar-refractivity contribution in [1.82, 2.24) is 4.90 Å². The molecule has 1 saturated heterocycles. The zero-order valence-electron chi connectivity index (χ0n) is 15.3. The van der Waals surface area contributed by atoms with Gasteiger partial charge in [0, 0.05) is 30.1 Å². The summed E-state index contributed by atoms with van der Waals surface area (Å²) >= 11 is 0. The number of benzene rings is 2. The highest BCUT2D eigenvalue weighted by Gasteiger charge is 2.28. The van der Waals surface area contributed by atoms with Gasteiger partial charge in [0.25, 0.3) is 0 Å². The first-order valence-electron chi connectivity index (χ1n) is 9.29. The third-order valence-electron chi connectivity index (χ3n) is 5.12. The molecule has 2 aliphatic heterocycles. The van der Waals surface area contributed by atoms with Crippen LogP contribution in [0.3, 0.4) is 0 Å². The zero-order valence-corrected chi connectivity index (χ0v) is 15.3. The maximum atomic E-state index is 13.0. The Bertz CT molecular complexity index is 858. The molecule has 2 heterocycles. The van der Waals surface area contributed by atoms with E-state index in [-0.39, 0.29) is 24.2 Å². The lowest BCUT2D eigenvalue weighted by Gasteiger charge is -2.32. The van der Waals surface area contributed by atoms with Crippen LogP contribution in [-0.4, -0.2) is 37.2 Å². The van der Waals surface area contributed by atoms with E-state index in [9.17, 15) is 13.6 Å². The predicted octanol–water partition coefficient (Wildman–Crippen LogP) is 4.11. The Morgan fingerprint density at radius 2 is 2.00 bits per heavy atom. The molecule has 7 heteroatoms. The summed E-state index contributed by atoms with van der Waals surface area (Å²) < 4.78 is 40.5. The monoisotopic (exact) mass is 389 g/mol. The molecule has 5 nitrogen and oxygen atoms in total. The number of halogens is 2. The Morgan fingerprint density at radius 1 is 1.18 bits per heavy atom. The molecule has 148 valence electrons. The number of fused-ring (bicyclic) bond motifs is 1. The molecule has 4 rings (SSSR count). The SMILES string of the molecule is O=C(c1ccc2c(c1)OCO2)[C@H]1CCCN(Cc2ccccc2OC(F)F)C1. The average molecular weight is 389 g/mol. The number of rotatable bonds is 6. The molecule has 0 bridgehead atoms. The van der Waals surface area contributed by atoms with E-state index in [0.717, 1.165) is 19.4 Å². The normalized spacial score (nSPS) is 19.0. The molecule has 2 aliphatic rings. The van der Waals surface area contributed by atoms with E-state index in [2.05, 4.69) is 9.64 Å². The highest BCUT2D eigenvalue weighted by Crippen LogP contribution is 2.34. The van der Waals surface area contributed by atoms with Crippen LogP contribution in [0.2, 0.25) is 0 Å². The first-order valence-corrected chi connectivity index (χ1v) is 9.29. The number of alkyl halides is 2. The van der Waals surface area contributed by atoms with Crippen molar-refractivity contribution in [3.63, 3.8) is 0 Å². The molecule has 0 saturated carbocycles. The summed E-state index contributed by atoms with van der Waals surface area (Å²) in [6, 6.07) is 12.0. The Kier molecular flexibility index (Phi) is 5.43. The molecule has 0 amide bonds. The molecule has 28 heavy (non-hydrogen) atoms. The second kappa shape index (κ2) is 8.14. The topological polar surface area (TPSA) is 48.0 Å². The molecule has 2 aromatic rings. The van der Waals surface area contributed by atoms with Crippen LogP contribution in [-0.2, 0) is 6.54 Å². The third kappa shape index (κ3) is 4.09. The highest BCUT2D eigenvalue weighted by atomic mass is 19.3. The molecular weight excluding hydrogens is 368 g/mol. The van der Waals surface area contributed by atoms with Gasteiger partial charge in [0.1, 0.15) is 5.75 Å². The van der Waals surface area contributed by atoms with Crippen LogP contribution in [0, 0.1) is 5.92 Å². The lowest BCUT2D eigenvalue weighted by molar-refractivity contribution is -0.0508. The van der Waals surface area contributed by atoms with Gasteiger partial charge in [0.15, 0.2) is 17.3 Å². The Morgan fingerprint density at radius 3 is 2.86 bits per heavy atom. The maximum Gasteiger partial charge on any atom is 0.387 e. The van der Waals surface area contributed by atoms with Crippen LogP contribution >= 0.6 is 0 Å². The van der Waals surface area contributed by atoms with Gasteiger partial charge >= 0.3 is 6.61 Å². The van der Waals surface area contributed by atoms with Crippen LogP contribution in [0.5, 0.6) is 17.2 Å². The third-order valence-corrected chi connectivity index (χ3v) is 5.12. The molecule has 0 spiro atoms. The van der Waals surface area contributed by atoms with Crippen molar-refractivity contribution in [2.24, 2.45) is 5.92 Å². The van der Waals surface area contributed by atoms with Gasteiger partial charge < -0.3 is 14.2 Å². The molecule has 0 N–H and O–H groups in total. The molecule has 1 atom stereocenters. The number of ketones is 1. The van der Waals surface area contributed by atoms with E-state index in [1.54, 1.807) is 42.5 Å². The second-order valence-electron chi connectivity index (χ2n) is 6.99. The lowest BCUT2D eigenvalue weighted by Crippen LogP contribution is -2.38. The minimum Gasteiger partial charge on any atom is -0.454 e. The molecule has 2 aromatic carbocycles. The van der Waals surface area contributed by atoms with Gasteiger partial charge in [-0.2, -0.15) is 8.78 Å². The predicted molar refractivity (Wildman–Crippen MR) is 98.0 cm³/mol. The number of hydrogen-bond donors (Lipinski definition) is 0. The van der Waals surface area contributed by atoms with Gasteiger partial charge in [-0.15, -0.1) is 0 Å². The number of likely N-dealkylation sites (tertiary alicyclic amines) is 1. The Hall–Kier alpha value is -2.67. The van der Waals surface area contributed by atoms with Crippen molar-refractivity contribution in [3.8, 4) is 17.2 Å². The zero-order chi connectivity index (χ0) is 19.5. The number of ether oxygens (including phenoxy) is 3. The van der Waals surface area contributed by atoms with Crippen molar-refractivity contribution in [1.29, 1.82) is 0 Å². The van der Waals surface area contributed by atoms with Gasteiger partial charge in [-0.05, 0) is 43.7 Å². The molecule has 0 aromatic heterocycles. The van der Waals surface area contributed by atoms with Crippen LogP contribution < -0.4 is 14.2 Å². The smallest absolute Gasteiger partial charge is 0.387 e. The Labute approximate surface area is 161 Å². The fourth-order valence-electron chi connectivity index (χ4n) is 3.78. The molecule has 0 radical (unpaired) electrons. The quantitative estimate of drug-likeness (QED) is 0.696. The minimum atomic E-state index is -2.86. The molecular formula is C21H21F2NO4. The minimum absolute atomic E-state index is 0.0696. The van der Waals surface area contributed by atoms with Gasteiger partial charge in [0.05, 0.1) is 0 Å². The van der Waals surface area contributed by atoms with Crippen molar-refractivity contribution in [2.75, 3.05) is 19.9 Å². The molecule has 0 aliphatic carbocycles. The van der Waals surface area contributed by atoms with Gasteiger partial charge in [-0.1, -0.05) is 18.2 Å². The number of carbonyl (C=O) groups is 1. The first-order chi connectivity index (χ1) is 13.6. The summed E-state index contributed by atoms with van der Waals surface area (Å²) in [5, 5.41) is 0. The summed E-state index contributed by atoms with van der Waals surface area (Å²) in [4.78, 5) is 15.1. The fraction of sp³-hybridized carbons (Fsp3) is 0.381. The largest absolute Gasteiger partial charge is 0.454 e. The average Bonchev–Trinajstić information content (AvgIpc) is 3.16. The van der Waals surface area contributed by atoms with Crippen molar-refractivity contribution in [2.45, 2.75) is 26.0 Å². The van der Waals surface area contributed by atoms with Crippen molar-refractivity contribution >= 4 is 5.78 Å². The van der Waals surface area contributed by atoms with E-state index >= 15 is 0 Å². The van der Waals surface area contributed by atoms with Gasteiger partial charge in [-0.25, -0.2) is 0 Å². The summed E-state index contributed by atoms with van der Waals surface area (Å²) in [6.45, 7) is -0.828. The summed E-state index contributed by atoms with van der Waals surface area (Å²) in [7, 11) is 0. The van der Waals surface area contributed by atoms with Crippen LogP contribution in [0.4, 0.5) is 8.78 Å². The van der Waals surface area contributed by atoms with Crippen molar-refractivity contribution in [3.05, 3.63) is 53.6 Å². The van der Waals surface area contributed by atoms with Crippen molar-refractivity contribution < 1.29 is 27.8 Å². The number of nitrogens with zero attached hydrogens (tertiary/aromatic N) is 1. The van der Waals surface area contributed by atoms with Crippen LogP contribution in [0.25, 0.3) is 0 Å². The van der Waals surface area contributed by atoms with E-state index < -0.39 is 6.61 Å². The second-order valence-corrected chi connectivity index (χ2v) is 6.99. The lowest BCUT2D eigenvalue weighted by atomic mass is 9.89. The van der Waals surface area contributed by atoms with Gasteiger partial charge in [0.2, 0.25) is 6.79 Å². The first kappa shape index (κ1) is 18.7. The number of hydrogen-bond acceptors (Lipinski definition) is 5. The standard InChI is InChI=1S/C21H21F2NO4/c22-21(23)28-17-6-2-1-4-15(17)11-24-9-3-5-16(12-24)20(25)14-7-8-18-19(10-14)27-13-26-18/h1-2,4,6-8,10,16,21H,3,5,9,11-13H2/t16-/m0/s1. The highest BCUT2D eigenvalue weighted by molar-refractivity contribution is 5.98. The van der Waals surface area contributed by atoms with E-state index in [1.807, 2.05) is 0 Å². The molecule has 0 unspecified atom stereocenters. The van der Waals surface area contributed by atoms with E-state index in [4.69, 9.17) is 9.47 Å². The number of para-hydroxylation sites is 1. The van der Waals surface area contributed by atoms with E-state index in [0.29, 0.717) is 35.7 Å². The van der Waals surface area contributed by atoms with Crippen LogP contribution in [0.15, 0.2) is 42.5 Å². The number of Topliss-reactive ketones (excluding diaryl/α,β-unsaturated/α-hetero) is 1. The van der Waals surface area contributed by atoms with E-state index in [1.165, 1.54) is 0 Å². The summed E-state index contributed by atoms with van der Waals surface area (Å²) in [6.07, 6.45) is 1.68. The Balaban J connectivity index is 1.44.